The topological polar surface area (TPSA) is 59.8 Å². The average molecular weight is 558 g/mol. The molecule has 0 amide bonds. The van der Waals surface area contributed by atoms with Gasteiger partial charge in [-0.15, -0.1) is 11.8 Å². The van der Waals surface area contributed by atoms with E-state index in [-0.39, 0.29) is 23.3 Å². The van der Waals surface area contributed by atoms with Gasteiger partial charge in [-0.25, -0.2) is 0 Å². The lowest BCUT2D eigenvalue weighted by atomic mass is 10.1. The second kappa shape index (κ2) is 13.0. The number of furan rings is 1. The fourth-order valence-electron chi connectivity index (χ4n) is 3.50. The van der Waals surface area contributed by atoms with Crippen molar-refractivity contribution in [2.45, 2.75) is 62.7 Å². The Bertz CT molecular complexity index is 1320. The molecule has 5 nitrogen and oxygen atoms in total. The molecule has 0 N–H and O–H groups in total. The third-order valence-corrected chi connectivity index (χ3v) is 6.39. The van der Waals surface area contributed by atoms with E-state index in [2.05, 4.69) is 11.8 Å². The molecule has 1 atom stereocenters. The van der Waals surface area contributed by atoms with Gasteiger partial charge < -0.3 is 9.15 Å². The van der Waals surface area contributed by atoms with E-state index in [9.17, 15) is 22.8 Å². The number of Topliss-reactive ketones (excluding diaryl/α,β-unsaturated/α-hetero) is 1. The summed E-state index contributed by atoms with van der Waals surface area (Å²) < 4.78 is 49.8. The van der Waals surface area contributed by atoms with Crippen LogP contribution in [0.5, 0.6) is 0 Å². The van der Waals surface area contributed by atoms with E-state index in [0.29, 0.717) is 18.8 Å². The number of ether oxygens (including phenoxy) is 1. The monoisotopic (exact) mass is 557 g/mol. The van der Waals surface area contributed by atoms with Crippen LogP contribution in [0.3, 0.4) is 0 Å². The third kappa shape index (κ3) is 9.97. The lowest BCUT2D eigenvalue weighted by Crippen LogP contribution is -2.28. The number of halogens is 3. The number of hydrogen-bond acceptors (Lipinski definition) is 6. The van der Waals surface area contributed by atoms with Crippen molar-refractivity contribution in [3.63, 3.8) is 0 Å². The number of carbonyl (C=O) groups excluding carboxylic acids is 2. The Balaban J connectivity index is 1.66. The molecule has 0 saturated heterocycles. The maximum atomic E-state index is 13.0. The van der Waals surface area contributed by atoms with Crippen molar-refractivity contribution in [3.05, 3.63) is 89.4 Å². The van der Waals surface area contributed by atoms with Gasteiger partial charge >= 0.3 is 12.1 Å². The normalized spacial score (nSPS) is 12.5. The molecule has 0 spiro atoms. The highest BCUT2D eigenvalue weighted by Gasteiger charge is 2.30. The summed E-state index contributed by atoms with van der Waals surface area (Å²) >= 11 is 1.41. The highest BCUT2D eigenvalue weighted by molar-refractivity contribution is 8.00. The molecule has 0 radical (unpaired) electrons. The first-order valence-corrected chi connectivity index (χ1v) is 13.1. The van der Waals surface area contributed by atoms with E-state index in [1.165, 1.54) is 23.9 Å². The van der Waals surface area contributed by atoms with Gasteiger partial charge in [0.1, 0.15) is 16.6 Å². The van der Waals surface area contributed by atoms with Gasteiger partial charge in [0.05, 0.1) is 24.9 Å². The molecule has 1 aromatic heterocycles. The SMILES string of the molecule is CC(Sc1ccc(CN(CC#CC(=O)c2cccc(C(F)(F)F)c2)Cc2ccco2)cc1)C(=O)OC(C)(C)C. The van der Waals surface area contributed by atoms with Crippen LogP contribution in [0.2, 0.25) is 0 Å². The Hall–Kier alpha value is -3.48. The van der Waals surface area contributed by atoms with E-state index < -0.39 is 23.1 Å². The predicted molar refractivity (Wildman–Crippen MR) is 144 cm³/mol. The first-order chi connectivity index (χ1) is 18.3. The molecular weight excluding hydrogens is 527 g/mol. The average Bonchev–Trinajstić information content (AvgIpc) is 3.36. The molecule has 2 aromatic carbocycles. The zero-order chi connectivity index (χ0) is 28.6. The molecule has 39 heavy (non-hydrogen) atoms. The van der Waals surface area contributed by atoms with E-state index in [1.54, 1.807) is 19.3 Å². The van der Waals surface area contributed by atoms with Crippen molar-refractivity contribution in [3.8, 4) is 11.8 Å². The standard InChI is InChI=1S/C30H30F3NO4S/c1-21(28(36)38-29(2,3)4)39-26-14-12-22(13-15-26)19-34(20-25-10-7-17-37-25)16-6-11-27(35)23-8-5-9-24(18-23)30(31,32)33/h5,7-10,12-15,17-18,21H,16,19-20H2,1-4H3. The minimum absolute atomic E-state index is 0.108. The fraction of sp³-hybridized carbons (Fsp3) is 0.333. The summed E-state index contributed by atoms with van der Waals surface area (Å²) in [6.45, 7) is 8.39. The number of esters is 1. The maximum Gasteiger partial charge on any atom is 0.416 e. The van der Waals surface area contributed by atoms with Gasteiger partial charge in [0.2, 0.25) is 5.78 Å². The Kier molecular flexibility index (Phi) is 10.1. The fourth-order valence-corrected chi connectivity index (χ4v) is 4.35. The molecular formula is C30H30F3NO4S. The summed E-state index contributed by atoms with van der Waals surface area (Å²) in [6, 6.07) is 15.6. The van der Waals surface area contributed by atoms with Crippen LogP contribution in [0.4, 0.5) is 13.2 Å². The van der Waals surface area contributed by atoms with Crippen molar-refractivity contribution in [2.75, 3.05) is 6.54 Å². The second-order valence-electron chi connectivity index (χ2n) is 9.87. The van der Waals surface area contributed by atoms with Gasteiger partial charge in [-0.3, -0.25) is 14.5 Å². The van der Waals surface area contributed by atoms with E-state index >= 15 is 0 Å². The summed E-state index contributed by atoms with van der Waals surface area (Å²) in [5.41, 5.74) is -0.574. The predicted octanol–water partition coefficient (Wildman–Crippen LogP) is 7.01. The molecule has 0 bridgehead atoms. The molecule has 3 rings (SSSR count). The van der Waals surface area contributed by atoms with Crippen molar-refractivity contribution in [1.82, 2.24) is 4.90 Å². The summed E-state index contributed by atoms with van der Waals surface area (Å²) in [6.07, 6.45) is -2.97. The van der Waals surface area contributed by atoms with Gasteiger partial charge in [0, 0.05) is 17.0 Å². The van der Waals surface area contributed by atoms with Gasteiger partial charge in [-0.05, 0) is 75.6 Å². The number of ketones is 1. The Morgan fingerprint density at radius 3 is 2.36 bits per heavy atom. The van der Waals surface area contributed by atoms with Crippen molar-refractivity contribution >= 4 is 23.5 Å². The Labute approximate surface area is 230 Å². The van der Waals surface area contributed by atoms with E-state index in [4.69, 9.17) is 9.15 Å². The van der Waals surface area contributed by atoms with E-state index in [0.717, 1.165) is 22.6 Å². The molecule has 0 saturated carbocycles. The van der Waals surface area contributed by atoms with Crippen LogP contribution >= 0.6 is 11.8 Å². The summed E-state index contributed by atoms with van der Waals surface area (Å²) in [5, 5.41) is -0.366. The molecule has 3 aromatic rings. The van der Waals surface area contributed by atoms with Crippen molar-refractivity contribution < 1.29 is 31.9 Å². The van der Waals surface area contributed by atoms with Crippen molar-refractivity contribution in [2.24, 2.45) is 0 Å². The third-order valence-electron chi connectivity index (χ3n) is 5.30. The van der Waals surface area contributed by atoms with Crippen LogP contribution < -0.4 is 0 Å². The molecule has 0 aliphatic rings. The zero-order valence-electron chi connectivity index (χ0n) is 22.2. The lowest BCUT2D eigenvalue weighted by molar-refractivity contribution is -0.153. The zero-order valence-corrected chi connectivity index (χ0v) is 23.0. The molecule has 1 heterocycles. The summed E-state index contributed by atoms with van der Waals surface area (Å²) in [7, 11) is 0. The van der Waals surface area contributed by atoms with Gasteiger partial charge in [0.25, 0.3) is 0 Å². The first kappa shape index (κ1) is 30.1. The molecule has 0 fully saturated rings. The first-order valence-electron chi connectivity index (χ1n) is 12.2. The number of thioether (sulfide) groups is 1. The number of hydrogen-bond donors (Lipinski definition) is 0. The molecule has 0 aliphatic heterocycles. The number of rotatable bonds is 9. The van der Waals surface area contributed by atoms with E-state index in [1.807, 2.05) is 56.0 Å². The highest BCUT2D eigenvalue weighted by atomic mass is 32.2. The minimum atomic E-state index is -4.54. The second-order valence-corrected chi connectivity index (χ2v) is 11.3. The molecule has 9 heteroatoms. The largest absolute Gasteiger partial charge is 0.468 e. The smallest absolute Gasteiger partial charge is 0.416 e. The number of carbonyl (C=O) groups is 2. The minimum Gasteiger partial charge on any atom is -0.468 e. The van der Waals surface area contributed by atoms with Crippen LogP contribution in [0, 0.1) is 11.8 Å². The van der Waals surface area contributed by atoms with Crippen LogP contribution in [0.15, 0.2) is 76.2 Å². The van der Waals surface area contributed by atoms with Crippen molar-refractivity contribution in [1.29, 1.82) is 0 Å². The van der Waals surface area contributed by atoms with Gasteiger partial charge in [-0.1, -0.05) is 30.2 Å². The number of nitrogens with zero attached hydrogens (tertiary/aromatic N) is 1. The quantitative estimate of drug-likeness (QED) is 0.0928. The Morgan fingerprint density at radius 1 is 1.03 bits per heavy atom. The van der Waals surface area contributed by atoms with Crippen LogP contribution in [0.25, 0.3) is 0 Å². The molecule has 206 valence electrons. The number of benzene rings is 2. The van der Waals surface area contributed by atoms with Crippen LogP contribution in [-0.4, -0.2) is 34.0 Å². The summed E-state index contributed by atoms with van der Waals surface area (Å²) in [5.74, 6) is 4.99. The van der Waals surface area contributed by atoms with Gasteiger partial charge in [0.15, 0.2) is 0 Å². The lowest BCUT2D eigenvalue weighted by Gasteiger charge is -2.22. The van der Waals surface area contributed by atoms with Gasteiger partial charge in [-0.2, -0.15) is 13.2 Å². The molecule has 1 unspecified atom stereocenters. The Morgan fingerprint density at radius 2 is 1.74 bits per heavy atom. The molecule has 0 aliphatic carbocycles. The highest BCUT2D eigenvalue weighted by Crippen LogP contribution is 2.29. The maximum absolute atomic E-state index is 13.0. The summed E-state index contributed by atoms with van der Waals surface area (Å²) in [4.78, 5) is 27.6. The van der Waals surface area contributed by atoms with Crippen LogP contribution in [0.1, 0.15) is 54.9 Å². The number of alkyl halides is 3. The van der Waals surface area contributed by atoms with Crippen LogP contribution in [-0.2, 0) is 28.8 Å².